The maximum atomic E-state index is 5.82. The molecule has 3 N–H and O–H groups in total. The van der Waals surface area contributed by atoms with Gasteiger partial charge in [0, 0.05) is 7.11 Å². The van der Waals surface area contributed by atoms with Crippen LogP contribution in [0.1, 0.15) is 37.7 Å². The lowest BCUT2D eigenvalue weighted by Crippen LogP contribution is -2.49. The third-order valence-corrected chi connectivity index (χ3v) is 4.63. The zero-order valence-electron chi connectivity index (χ0n) is 13.2. The molecule has 21 heavy (non-hydrogen) atoms. The van der Waals surface area contributed by atoms with Crippen molar-refractivity contribution in [2.45, 2.75) is 50.7 Å². The van der Waals surface area contributed by atoms with Gasteiger partial charge in [-0.05, 0) is 36.8 Å². The van der Waals surface area contributed by atoms with Crippen LogP contribution >= 0.6 is 0 Å². The molecular formula is C17H28N2O2. The van der Waals surface area contributed by atoms with Gasteiger partial charge in [0.25, 0.3) is 0 Å². The number of para-hydroxylation sites is 1. The van der Waals surface area contributed by atoms with Gasteiger partial charge >= 0.3 is 0 Å². The topological polar surface area (TPSA) is 56.5 Å². The highest BCUT2D eigenvalue weighted by Crippen LogP contribution is 2.30. The van der Waals surface area contributed by atoms with Crippen LogP contribution in [0.25, 0.3) is 0 Å². The van der Waals surface area contributed by atoms with Gasteiger partial charge in [0.1, 0.15) is 5.75 Å². The number of nitrogens with two attached hydrogens (primary N) is 1. The average molecular weight is 292 g/mol. The molecule has 0 radical (unpaired) electrons. The molecule has 0 heterocycles. The molecule has 1 saturated carbocycles. The van der Waals surface area contributed by atoms with E-state index in [-0.39, 0.29) is 12.1 Å². The number of rotatable bonds is 7. The molecule has 4 heteroatoms. The standard InChI is InChI=1S/C17H28N2O2/c1-20-16-11-7-6-10-14(16)12-15(19-18)17(21-2)13-8-4-3-5-9-13/h6-7,10-11,13,15,17,19H,3-5,8-9,12,18H2,1-2H3. The molecule has 1 fully saturated rings. The molecule has 0 bridgehead atoms. The molecule has 4 nitrogen and oxygen atoms in total. The van der Waals surface area contributed by atoms with E-state index in [1.165, 1.54) is 37.7 Å². The minimum Gasteiger partial charge on any atom is -0.496 e. The smallest absolute Gasteiger partial charge is 0.122 e. The summed E-state index contributed by atoms with van der Waals surface area (Å²) in [6.07, 6.45) is 7.40. The summed E-state index contributed by atoms with van der Waals surface area (Å²) in [6, 6.07) is 8.22. The Bertz CT molecular complexity index is 419. The van der Waals surface area contributed by atoms with Gasteiger partial charge in [-0.25, -0.2) is 0 Å². The summed E-state index contributed by atoms with van der Waals surface area (Å²) in [4.78, 5) is 0. The fourth-order valence-electron chi connectivity index (χ4n) is 3.53. The van der Waals surface area contributed by atoms with E-state index in [2.05, 4.69) is 11.5 Å². The first-order chi connectivity index (χ1) is 10.3. The molecule has 1 aliphatic carbocycles. The van der Waals surface area contributed by atoms with Crippen molar-refractivity contribution in [2.75, 3.05) is 14.2 Å². The Morgan fingerprint density at radius 3 is 2.52 bits per heavy atom. The first-order valence-corrected chi connectivity index (χ1v) is 7.91. The molecule has 2 atom stereocenters. The maximum absolute atomic E-state index is 5.82. The summed E-state index contributed by atoms with van der Waals surface area (Å²) < 4.78 is 11.2. The lowest BCUT2D eigenvalue weighted by atomic mass is 9.81. The van der Waals surface area contributed by atoms with E-state index in [1.807, 2.05) is 18.2 Å². The highest BCUT2D eigenvalue weighted by Gasteiger charge is 2.30. The monoisotopic (exact) mass is 292 g/mol. The minimum atomic E-state index is 0.106. The highest BCUT2D eigenvalue weighted by atomic mass is 16.5. The van der Waals surface area contributed by atoms with E-state index in [4.69, 9.17) is 15.3 Å². The number of hydrogen-bond donors (Lipinski definition) is 2. The zero-order chi connectivity index (χ0) is 15.1. The fourth-order valence-corrected chi connectivity index (χ4v) is 3.53. The van der Waals surface area contributed by atoms with Crippen molar-refractivity contribution in [3.05, 3.63) is 29.8 Å². The highest BCUT2D eigenvalue weighted by molar-refractivity contribution is 5.34. The van der Waals surface area contributed by atoms with Crippen LogP contribution in [0.2, 0.25) is 0 Å². The van der Waals surface area contributed by atoms with E-state index in [0.29, 0.717) is 5.92 Å². The number of benzene rings is 1. The molecule has 118 valence electrons. The largest absolute Gasteiger partial charge is 0.496 e. The SMILES string of the molecule is COc1ccccc1CC(NN)C(OC)C1CCCCC1. The summed E-state index contributed by atoms with van der Waals surface area (Å²) in [6.45, 7) is 0. The van der Waals surface area contributed by atoms with Gasteiger partial charge in [0.2, 0.25) is 0 Å². The molecular weight excluding hydrogens is 264 g/mol. The van der Waals surface area contributed by atoms with Gasteiger partial charge < -0.3 is 9.47 Å². The second kappa shape index (κ2) is 8.37. The zero-order valence-corrected chi connectivity index (χ0v) is 13.2. The number of nitrogens with one attached hydrogen (secondary N) is 1. The third-order valence-electron chi connectivity index (χ3n) is 4.63. The molecule has 0 aliphatic heterocycles. The molecule has 0 saturated heterocycles. The predicted molar refractivity (Wildman–Crippen MR) is 85.2 cm³/mol. The average Bonchev–Trinajstić information content (AvgIpc) is 2.56. The normalized spacial score (nSPS) is 19.2. The maximum Gasteiger partial charge on any atom is 0.122 e. The van der Waals surface area contributed by atoms with Gasteiger partial charge in [-0.2, -0.15) is 0 Å². The van der Waals surface area contributed by atoms with Gasteiger partial charge in [-0.15, -0.1) is 0 Å². The Morgan fingerprint density at radius 1 is 1.19 bits per heavy atom. The molecule has 1 aromatic carbocycles. The second-order valence-electron chi connectivity index (χ2n) is 5.89. The predicted octanol–water partition coefficient (Wildman–Crippen LogP) is 2.66. The second-order valence-corrected chi connectivity index (χ2v) is 5.89. The molecule has 0 spiro atoms. The van der Waals surface area contributed by atoms with Gasteiger partial charge in [0.15, 0.2) is 0 Å². The van der Waals surface area contributed by atoms with Gasteiger partial charge in [-0.3, -0.25) is 11.3 Å². The minimum absolute atomic E-state index is 0.106. The molecule has 2 unspecified atom stereocenters. The van der Waals surface area contributed by atoms with Gasteiger partial charge in [0.05, 0.1) is 19.3 Å². The van der Waals surface area contributed by atoms with Crippen LogP contribution in [0.5, 0.6) is 5.75 Å². The Morgan fingerprint density at radius 2 is 1.90 bits per heavy atom. The molecule has 2 rings (SSSR count). The van der Waals surface area contributed by atoms with Crippen molar-refractivity contribution < 1.29 is 9.47 Å². The number of ether oxygens (including phenoxy) is 2. The van der Waals surface area contributed by atoms with Crippen LogP contribution in [0.15, 0.2) is 24.3 Å². The van der Waals surface area contributed by atoms with E-state index in [1.54, 1.807) is 14.2 Å². The van der Waals surface area contributed by atoms with Crippen molar-refractivity contribution in [3.63, 3.8) is 0 Å². The van der Waals surface area contributed by atoms with Crippen LogP contribution in [0, 0.1) is 5.92 Å². The van der Waals surface area contributed by atoms with Crippen molar-refractivity contribution in [1.29, 1.82) is 0 Å². The van der Waals surface area contributed by atoms with Crippen molar-refractivity contribution in [2.24, 2.45) is 11.8 Å². The number of hydrazine groups is 1. The summed E-state index contributed by atoms with van der Waals surface area (Å²) >= 11 is 0. The van der Waals surface area contributed by atoms with Crippen LogP contribution in [0.3, 0.4) is 0 Å². The Balaban J connectivity index is 2.09. The summed E-state index contributed by atoms with van der Waals surface area (Å²) in [7, 11) is 3.50. The summed E-state index contributed by atoms with van der Waals surface area (Å²) in [5, 5.41) is 0. The van der Waals surface area contributed by atoms with E-state index >= 15 is 0 Å². The quantitative estimate of drug-likeness (QED) is 0.599. The van der Waals surface area contributed by atoms with Crippen LogP contribution in [-0.2, 0) is 11.2 Å². The lowest BCUT2D eigenvalue weighted by Gasteiger charge is -2.34. The van der Waals surface area contributed by atoms with Crippen LogP contribution < -0.4 is 16.0 Å². The molecule has 1 aromatic rings. The first-order valence-electron chi connectivity index (χ1n) is 7.91. The van der Waals surface area contributed by atoms with E-state index < -0.39 is 0 Å². The van der Waals surface area contributed by atoms with Crippen LogP contribution in [-0.4, -0.2) is 26.4 Å². The Hall–Kier alpha value is -1.10. The molecule has 1 aliphatic rings. The molecule has 0 aromatic heterocycles. The van der Waals surface area contributed by atoms with Crippen molar-refractivity contribution in [3.8, 4) is 5.75 Å². The van der Waals surface area contributed by atoms with E-state index in [9.17, 15) is 0 Å². The van der Waals surface area contributed by atoms with Gasteiger partial charge in [-0.1, -0.05) is 37.5 Å². The number of hydrogen-bond acceptors (Lipinski definition) is 4. The van der Waals surface area contributed by atoms with E-state index in [0.717, 1.165) is 12.2 Å². The first kappa shape index (κ1) is 16.3. The summed E-state index contributed by atoms with van der Waals surface area (Å²) in [5.41, 5.74) is 4.14. The fraction of sp³-hybridized carbons (Fsp3) is 0.647. The third kappa shape index (κ3) is 4.19. The Kier molecular flexibility index (Phi) is 6.49. The van der Waals surface area contributed by atoms with Crippen LogP contribution in [0.4, 0.5) is 0 Å². The molecule has 0 amide bonds. The lowest BCUT2D eigenvalue weighted by molar-refractivity contribution is 0.00816. The van der Waals surface area contributed by atoms with Crippen molar-refractivity contribution in [1.82, 2.24) is 5.43 Å². The number of methoxy groups -OCH3 is 2. The van der Waals surface area contributed by atoms with Crippen molar-refractivity contribution >= 4 is 0 Å². The summed E-state index contributed by atoms with van der Waals surface area (Å²) in [5.74, 6) is 7.33. The Labute approximate surface area is 128 Å².